The molecule has 6 nitrogen and oxygen atoms in total. The van der Waals surface area contributed by atoms with Gasteiger partial charge in [-0.1, -0.05) is 30.3 Å². The number of ether oxygens (including phenoxy) is 1. The summed E-state index contributed by atoms with van der Waals surface area (Å²) in [6.07, 6.45) is 2.71. The molecule has 0 bridgehead atoms. The summed E-state index contributed by atoms with van der Waals surface area (Å²) in [5.74, 6) is 0.265. The maximum atomic E-state index is 13.5. The largest absolute Gasteiger partial charge is 0.497 e. The fourth-order valence-electron chi connectivity index (χ4n) is 4.35. The van der Waals surface area contributed by atoms with Crippen molar-refractivity contribution in [3.8, 4) is 5.75 Å². The quantitative estimate of drug-likeness (QED) is 0.460. The highest BCUT2D eigenvalue weighted by atomic mass is 32.2. The van der Waals surface area contributed by atoms with E-state index in [-0.39, 0.29) is 17.3 Å². The number of halogens is 1. The average Bonchev–Trinajstić information content (AvgIpc) is 2.88. The van der Waals surface area contributed by atoms with E-state index >= 15 is 0 Å². The fraction of sp³-hybridized carbons (Fsp3) is 0.296. The second-order valence-corrected chi connectivity index (χ2v) is 10.5. The normalized spacial score (nSPS) is 14.5. The molecule has 0 saturated carbocycles. The lowest BCUT2D eigenvalue weighted by atomic mass is 9.90. The summed E-state index contributed by atoms with van der Waals surface area (Å²) in [5.41, 5.74) is 1.62. The Kier molecular flexibility index (Phi) is 7.70. The van der Waals surface area contributed by atoms with Crippen LogP contribution in [-0.2, 0) is 21.2 Å². The summed E-state index contributed by atoms with van der Waals surface area (Å²) in [5, 5.41) is 0. The standard InChI is InChI=1S/C27H29FN2O4S/c1-34-25-11-9-24(10-12-25)30(35(32,33)26-13-7-23(28)8-14-26)20-27(31)29-17-15-22(16-18-29)19-21-5-3-2-4-6-21/h2-14,22H,15-20H2,1H3. The van der Waals surface area contributed by atoms with Crippen LogP contribution in [0.15, 0.2) is 83.8 Å². The number of hydrogen-bond donors (Lipinski definition) is 0. The van der Waals surface area contributed by atoms with Crippen LogP contribution in [0, 0.1) is 11.7 Å². The van der Waals surface area contributed by atoms with Crippen LogP contribution in [0.2, 0.25) is 0 Å². The van der Waals surface area contributed by atoms with Crippen LogP contribution in [0.3, 0.4) is 0 Å². The topological polar surface area (TPSA) is 66.9 Å². The van der Waals surface area contributed by atoms with Crippen LogP contribution < -0.4 is 9.04 Å². The second-order valence-electron chi connectivity index (χ2n) is 8.68. The fourth-order valence-corrected chi connectivity index (χ4v) is 5.77. The van der Waals surface area contributed by atoms with Gasteiger partial charge in [0.1, 0.15) is 18.1 Å². The summed E-state index contributed by atoms with van der Waals surface area (Å²) in [6.45, 7) is 0.835. The third-order valence-electron chi connectivity index (χ3n) is 6.38. The minimum atomic E-state index is -4.10. The Hall–Kier alpha value is -3.39. The van der Waals surface area contributed by atoms with Gasteiger partial charge >= 0.3 is 0 Å². The number of methoxy groups -OCH3 is 1. The number of hydrogen-bond acceptors (Lipinski definition) is 4. The Labute approximate surface area is 206 Å². The average molecular weight is 497 g/mol. The van der Waals surface area contributed by atoms with Crippen molar-refractivity contribution in [1.29, 1.82) is 0 Å². The van der Waals surface area contributed by atoms with Crippen LogP contribution in [0.5, 0.6) is 5.75 Å². The van der Waals surface area contributed by atoms with Crippen molar-refractivity contribution in [3.63, 3.8) is 0 Å². The first-order chi connectivity index (χ1) is 16.9. The number of anilines is 1. The monoisotopic (exact) mass is 496 g/mol. The van der Waals surface area contributed by atoms with Crippen LogP contribution in [-0.4, -0.2) is 46.0 Å². The molecule has 0 N–H and O–H groups in total. The maximum Gasteiger partial charge on any atom is 0.264 e. The van der Waals surface area contributed by atoms with Crippen LogP contribution >= 0.6 is 0 Å². The van der Waals surface area contributed by atoms with Gasteiger partial charge in [-0.05, 0) is 79.3 Å². The van der Waals surface area contributed by atoms with Gasteiger partial charge in [-0.15, -0.1) is 0 Å². The summed E-state index contributed by atoms with van der Waals surface area (Å²) in [6, 6.07) is 21.4. The molecule has 3 aromatic carbocycles. The third-order valence-corrected chi connectivity index (χ3v) is 8.16. The van der Waals surface area contributed by atoms with Crippen LogP contribution in [0.25, 0.3) is 0 Å². The molecule has 0 unspecified atom stereocenters. The SMILES string of the molecule is COc1ccc(N(CC(=O)N2CCC(Cc3ccccc3)CC2)S(=O)(=O)c2ccc(F)cc2)cc1. The number of carbonyl (C=O) groups excluding carboxylic acids is 1. The molecule has 0 radical (unpaired) electrons. The van der Waals surface area contributed by atoms with E-state index in [2.05, 4.69) is 12.1 Å². The van der Waals surface area contributed by atoms with Crippen molar-refractivity contribution >= 4 is 21.6 Å². The van der Waals surface area contributed by atoms with Gasteiger partial charge in [-0.25, -0.2) is 12.8 Å². The molecule has 0 aromatic heterocycles. The lowest BCUT2D eigenvalue weighted by Crippen LogP contribution is -2.46. The molecular formula is C27H29FN2O4S. The number of benzene rings is 3. The molecule has 0 aliphatic carbocycles. The number of nitrogens with zero attached hydrogens (tertiary/aromatic N) is 2. The van der Waals surface area contributed by atoms with Crippen LogP contribution in [0.1, 0.15) is 18.4 Å². The molecule has 1 aliphatic rings. The number of likely N-dealkylation sites (tertiary alicyclic amines) is 1. The lowest BCUT2D eigenvalue weighted by molar-refractivity contribution is -0.130. The van der Waals surface area contributed by atoms with Gasteiger partial charge in [0.15, 0.2) is 0 Å². The molecule has 1 fully saturated rings. The Morgan fingerprint density at radius 1 is 0.971 bits per heavy atom. The predicted octanol–water partition coefficient (Wildman–Crippen LogP) is 4.51. The lowest BCUT2D eigenvalue weighted by Gasteiger charge is -2.34. The van der Waals surface area contributed by atoms with Gasteiger partial charge in [0.05, 0.1) is 17.7 Å². The highest BCUT2D eigenvalue weighted by molar-refractivity contribution is 7.92. The van der Waals surface area contributed by atoms with Gasteiger partial charge in [-0.3, -0.25) is 9.10 Å². The summed E-state index contributed by atoms with van der Waals surface area (Å²) in [7, 11) is -2.58. The van der Waals surface area contributed by atoms with Gasteiger partial charge in [-0.2, -0.15) is 0 Å². The molecule has 1 heterocycles. The third kappa shape index (κ3) is 6.00. The molecule has 0 atom stereocenters. The first-order valence-corrected chi connectivity index (χ1v) is 13.0. The first-order valence-electron chi connectivity index (χ1n) is 11.6. The molecule has 4 rings (SSSR count). The van der Waals surface area contributed by atoms with E-state index in [1.165, 1.54) is 24.8 Å². The van der Waals surface area contributed by atoms with Crippen molar-refractivity contribution in [3.05, 3.63) is 90.2 Å². The highest BCUT2D eigenvalue weighted by Gasteiger charge is 2.30. The summed E-state index contributed by atoms with van der Waals surface area (Å²) >= 11 is 0. The van der Waals surface area contributed by atoms with E-state index < -0.39 is 15.8 Å². The van der Waals surface area contributed by atoms with Crippen molar-refractivity contribution in [1.82, 2.24) is 4.90 Å². The number of carbonyl (C=O) groups is 1. The molecule has 35 heavy (non-hydrogen) atoms. The molecule has 8 heteroatoms. The van der Waals surface area contributed by atoms with Crippen molar-refractivity contribution in [2.45, 2.75) is 24.2 Å². The molecule has 1 amide bonds. The van der Waals surface area contributed by atoms with Crippen LogP contribution in [0.4, 0.5) is 10.1 Å². The Morgan fingerprint density at radius 3 is 2.20 bits per heavy atom. The molecule has 1 aliphatic heterocycles. The molecule has 3 aromatic rings. The zero-order chi connectivity index (χ0) is 24.8. The minimum absolute atomic E-state index is 0.0795. The highest BCUT2D eigenvalue weighted by Crippen LogP contribution is 2.27. The van der Waals surface area contributed by atoms with Gasteiger partial charge in [0.2, 0.25) is 5.91 Å². The zero-order valence-corrected chi connectivity index (χ0v) is 20.5. The van der Waals surface area contributed by atoms with Crippen molar-refractivity contribution < 1.29 is 22.3 Å². The Morgan fingerprint density at radius 2 is 1.60 bits per heavy atom. The van der Waals surface area contributed by atoms with Crippen molar-refractivity contribution in [2.75, 3.05) is 31.0 Å². The molecule has 0 spiro atoms. The Bertz CT molecular complexity index is 1220. The van der Waals surface area contributed by atoms with Crippen molar-refractivity contribution in [2.24, 2.45) is 5.92 Å². The van der Waals surface area contributed by atoms with E-state index in [0.29, 0.717) is 30.4 Å². The predicted molar refractivity (Wildman–Crippen MR) is 133 cm³/mol. The van der Waals surface area contributed by atoms with E-state index in [1.54, 1.807) is 29.2 Å². The van der Waals surface area contributed by atoms with E-state index in [0.717, 1.165) is 35.7 Å². The Balaban J connectivity index is 1.49. The van der Waals surface area contributed by atoms with Gasteiger partial charge in [0, 0.05) is 13.1 Å². The molecule has 184 valence electrons. The van der Waals surface area contributed by atoms with Gasteiger partial charge in [0.25, 0.3) is 10.0 Å². The van der Waals surface area contributed by atoms with E-state index in [4.69, 9.17) is 4.74 Å². The van der Waals surface area contributed by atoms with E-state index in [9.17, 15) is 17.6 Å². The molecule has 1 saturated heterocycles. The zero-order valence-electron chi connectivity index (χ0n) is 19.6. The number of piperidine rings is 1. The number of amides is 1. The minimum Gasteiger partial charge on any atom is -0.497 e. The second kappa shape index (κ2) is 10.9. The maximum absolute atomic E-state index is 13.5. The summed E-state index contributed by atoms with van der Waals surface area (Å²) in [4.78, 5) is 14.9. The first kappa shape index (κ1) is 24.7. The van der Waals surface area contributed by atoms with E-state index in [1.807, 2.05) is 18.2 Å². The number of sulfonamides is 1. The van der Waals surface area contributed by atoms with Gasteiger partial charge < -0.3 is 9.64 Å². The molecular weight excluding hydrogens is 467 g/mol. The summed E-state index contributed by atoms with van der Waals surface area (Å²) < 4.78 is 46.6. The number of rotatable bonds is 8. The smallest absolute Gasteiger partial charge is 0.264 e.